The SMILES string of the molecule is CC(C)OCCCNc1ccc(NC(=O)c2c[nH]c3c2-c2nccn2C(C)(C)C3)cn1. The molecule has 4 heterocycles. The van der Waals surface area contributed by atoms with Crippen molar-refractivity contribution >= 4 is 17.4 Å². The van der Waals surface area contributed by atoms with Gasteiger partial charge in [0.2, 0.25) is 0 Å². The molecule has 0 aliphatic carbocycles. The molecule has 1 aliphatic rings. The van der Waals surface area contributed by atoms with Crippen molar-refractivity contribution < 1.29 is 9.53 Å². The predicted molar refractivity (Wildman–Crippen MR) is 121 cm³/mol. The van der Waals surface area contributed by atoms with Crippen LogP contribution in [0.1, 0.15) is 50.2 Å². The summed E-state index contributed by atoms with van der Waals surface area (Å²) in [5.74, 6) is 1.41. The van der Waals surface area contributed by atoms with Gasteiger partial charge >= 0.3 is 0 Å². The van der Waals surface area contributed by atoms with Crippen LogP contribution in [0, 0.1) is 0 Å². The maximum Gasteiger partial charge on any atom is 0.258 e. The van der Waals surface area contributed by atoms with E-state index in [2.05, 4.69) is 44.0 Å². The number of hydrogen-bond donors (Lipinski definition) is 3. The van der Waals surface area contributed by atoms with Crippen molar-refractivity contribution in [1.29, 1.82) is 0 Å². The lowest BCUT2D eigenvalue weighted by Gasteiger charge is -2.32. The molecule has 0 radical (unpaired) electrons. The highest BCUT2D eigenvalue weighted by Crippen LogP contribution is 2.38. The fourth-order valence-electron chi connectivity index (χ4n) is 3.91. The first-order valence-electron chi connectivity index (χ1n) is 10.7. The van der Waals surface area contributed by atoms with Gasteiger partial charge in [0.1, 0.15) is 11.6 Å². The van der Waals surface area contributed by atoms with Crippen molar-refractivity contribution in [3.63, 3.8) is 0 Å². The van der Waals surface area contributed by atoms with Crippen LogP contribution >= 0.6 is 0 Å². The second kappa shape index (κ2) is 8.55. The standard InChI is InChI=1S/C23H30N6O2/c1-15(2)31-11-5-8-24-19-7-6-16(13-27-19)28-22(30)17-14-26-18-12-23(3,4)29-10-9-25-21(29)20(17)18/h6-7,9-10,13-15,26H,5,8,11-12H2,1-4H3,(H,24,27)(H,28,30). The first-order chi connectivity index (χ1) is 14.8. The summed E-state index contributed by atoms with van der Waals surface area (Å²) in [5, 5.41) is 6.21. The Morgan fingerprint density at radius 3 is 2.90 bits per heavy atom. The van der Waals surface area contributed by atoms with E-state index in [4.69, 9.17) is 4.74 Å². The van der Waals surface area contributed by atoms with Crippen LogP contribution in [0.4, 0.5) is 11.5 Å². The maximum absolute atomic E-state index is 13.0. The molecule has 164 valence electrons. The summed E-state index contributed by atoms with van der Waals surface area (Å²) < 4.78 is 7.66. The zero-order chi connectivity index (χ0) is 22.0. The molecule has 3 N–H and O–H groups in total. The fraction of sp³-hybridized carbons (Fsp3) is 0.435. The minimum absolute atomic E-state index is 0.0922. The molecule has 8 nitrogen and oxygen atoms in total. The lowest BCUT2D eigenvalue weighted by atomic mass is 9.90. The monoisotopic (exact) mass is 422 g/mol. The number of carbonyl (C=O) groups excluding carboxylic acids is 1. The van der Waals surface area contributed by atoms with Crippen molar-refractivity contribution in [2.75, 3.05) is 23.8 Å². The van der Waals surface area contributed by atoms with Gasteiger partial charge in [0.25, 0.3) is 5.91 Å². The molecular weight excluding hydrogens is 392 g/mol. The van der Waals surface area contributed by atoms with Gasteiger partial charge in [0.15, 0.2) is 0 Å². The molecule has 0 spiro atoms. The van der Waals surface area contributed by atoms with Crippen LogP contribution in [0.3, 0.4) is 0 Å². The van der Waals surface area contributed by atoms with Gasteiger partial charge in [-0.15, -0.1) is 0 Å². The molecule has 0 saturated heterocycles. The van der Waals surface area contributed by atoms with Gasteiger partial charge in [-0.3, -0.25) is 4.79 Å². The van der Waals surface area contributed by atoms with E-state index in [0.717, 1.165) is 48.9 Å². The molecule has 0 unspecified atom stereocenters. The summed E-state index contributed by atoms with van der Waals surface area (Å²) in [6.07, 6.45) is 9.14. The van der Waals surface area contributed by atoms with Gasteiger partial charge in [-0.2, -0.15) is 0 Å². The largest absolute Gasteiger partial charge is 0.379 e. The molecule has 0 bridgehead atoms. The van der Waals surface area contributed by atoms with Crippen molar-refractivity contribution in [2.45, 2.75) is 52.2 Å². The number of rotatable bonds is 8. The summed E-state index contributed by atoms with van der Waals surface area (Å²) >= 11 is 0. The number of imidazole rings is 1. The van der Waals surface area contributed by atoms with E-state index in [9.17, 15) is 4.79 Å². The van der Waals surface area contributed by atoms with Gasteiger partial charge < -0.3 is 24.9 Å². The Balaban J connectivity index is 1.40. The van der Waals surface area contributed by atoms with Crippen LogP contribution in [0.25, 0.3) is 11.4 Å². The van der Waals surface area contributed by atoms with E-state index in [1.807, 2.05) is 32.2 Å². The van der Waals surface area contributed by atoms with E-state index in [0.29, 0.717) is 11.3 Å². The van der Waals surface area contributed by atoms with Crippen molar-refractivity contribution in [1.82, 2.24) is 19.5 Å². The summed E-state index contributed by atoms with van der Waals surface area (Å²) in [5.41, 5.74) is 3.05. The maximum atomic E-state index is 13.0. The number of nitrogens with one attached hydrogen (secondary N) is 3. The summed E-state index contributed by atoms with van der Waals surface area (Å²) in [7, 11) is 0. The summed E-state index contributed by atoms with van der Waals surface area (Å²) in [4.78, 5) is 25.2. The Kier molecular flexibility index (Phi) is 5.82. The van der Waals surface area contributed by atoms with Gasteiger partial charge in [0, 0.05) is 49.4 Å². The number of amides is 1. The number of aromatic nitrogens is 4. The lowest BCUT2D eigenvalue weighted by molar-refractivity contribution is 0.0787. The van der Waals surface area contributed by atoms with E-state index >= 15 is 0 Å². The van der Waals surface area contributed by atoms with Crippen molar-refractivity contribution in [3.8, 4) is 11.4 Å². The third-order valence-corrected chi connectivity index (χ3v) is 5.43. The van der Waals surface area contributed by atoms with Crippen molar-refractivity contribution in [2.24, 2.45) is 0 Å². The second-order valence-corrected chi connectivity index (χ2v) is 8.75. The number of pyridine rings is 1. The minimum atomic E-state index is -0.180. The zero-order valence-electron chi connectivity index (χ0n) is 18.5. The Morgan fingerprint density at radius 2 is 2.16 bits per heavy atom. The molecule has 0 saturated carbocycles. The average molecular weight is 423 g/mol. The number of nitrogens with zero attached hydrogens (tertiary/aromatic N) is 3. The average Bonchev–Trinajstić information content (AvgIpc) is 3.35. The second-order valence-electron chi connectivity index (χ2n) is 8.75. The number of H-pyrrole nitrogens is 1. The van der Waals surface area contributed by atoms with E-state index in [-0.39, 0.29) is 17.6 Å². The van der Waals surface area contributed by atoms with Gasteiger partial charge in [-0.05, 0) is 46.2 Å². The van der Waals surface area contributed by atoms with E-state index in [1.165, 1.54) is 0 Å². The highest BCUT2D eigenvalue weighted by Gasteiger charge is 2.34. The first-order valence-corrected chi connectivity index (χ1v) is 10.7. The smallest absolute Gasteiger partial charge is 0.258 e. The Morgan fingerprint density at radius 1 is 1.32 bits per heavy atom. The topological polar surface area (TPSA) is 96.9 Å². The molecule has 31 heavy (non-hydrogen) atoms. The van der Waals surface area contributed by atoms with Crippen molar-refractivity contribution in [3.05, 3.63) is 48.2 Å². The number of aromatic amines is 1. The molecule has 1 aliphatic heterocycles. The summed E-state index contributed by atoms with van der Waals surface area (Å²) in [6, 6.07) is 3.71. The number of anilines is 2. The highest BCUT2D eigenvalue weighted by atomic mass is 16.5. The Labute approximate surface area is 182 Å². The highest BCUT2D eigenvalue weighted by molar-refractivity contribution is 6.08. The van der Waals surface area contributed by atoms with Gasteiger partial charge in [-0.25, -0.2) is 9.97 Å². The Hall–Kier alpha value is -3.13. The molecule has 1 amide bonds. The van der Waals surface area contributed by atoms with Gasteiger partial charge in [-0.1, -0.05) is 0 Å². The summed E-state index contributed by atoms with van der Waals surface area (Å²) in [6.45, 7) is 9.89. The molecule has 0 fully saturated rings. The molecule has 0 atom stereocenters. The molecular formula is C23H30N6O2. The molecule has 0 aromatic carbocycles. The number of hydrogen-bond acceptors (Lipinski definition) is 5. The lowest BCUT2D eigenvalue weighted by Crippen LogP contribution is -2.33. The zero-order valence-corrected chi connectivity index (χ0v) is 18.5. The fourth-order valence-corrected chi connectivity index (χ4v) is 3.91. The number of carbonyl (C=O) groups is 1. The van der Waals surface area contributed by atoms with Crippen LogP contribution in [-0.2, 0) is 16.7 Å². The molecule has 3 aromatic heterocycles. The Bertz CT molecular complexity index is 1050. The predicted octanol–water partition coefficient (Wildman–Crippen LogP) is 4.04. The molecule has 3 aromatic rings. The number of fused-ring (bicyclic) bond motifs is 3. The normalized spacial score (nSPS) is 14.2. The quantitative estimate of drug-likeness (QED) is 0.476. The third kappa shape index (κ3) is 4.49. The van der Waals surface area contributed by atoms with Crippen LogP contribution < -0.4 is 10.6 Å². The van der Waals surface area contributed by atoms with Crippen LogP contribution in [-0.4, -0.2) is 44.7 Å². The van der Waals surface area contributed by atoms with Crippen LogP contribution in [0.2, 0.25) is 0 Å². The number of ether oxygens (including phenoxy) is 1. The van der Waals surface area contributed by atoms with Crippen LogP contribution in [0.5, 0.6) is 0 Å². The van der Waals surface area contributed by atoms with E-state index < -0.39 is 0 Å². The third-order valence-electron chi connectivity index (χ3n) is 5.43. The van der Waals surface area contributed by atoms with E-state index in [1.54, 1.807) is 18.6 Å². The molecule has 4 rings (SSSR count). The van der Waals surface area contributed by atoms with Gasteiger partial charge in [0.05, 0.1) is 29.1 Å². The van der Waals surface area contributed by atoms with Crippen LogP contribution in [0.15, 0.2) is 36.9 Å². The first kappa shape index (κ1) is 21.1. The minimum Gasteiger partial charge on any atom is -0.379 e. The molecule has 8 heteroatoms.